The predicted octanol–water partition coefficient (Wildman–Crippen LogP) is 0.0551. The Morgan fingerprint density at radius 3 is 2.36 bits per heavy atom. The molecule has 4 nitrogen and oxygen atoms in total. The van der Waals surface area contributed by atoms with Gasteiger partial charge in [-0.25, -0.2) is 0 Å². The van der Waals surface area contributed by atoms with Crippen molar-refractivity contribution in [2.24, 2.45) is 0 Å². The van der Waals surface area contributed by atoms with Crippen LogP contribution >= 0.6 is 0 Å². The molecule has 2 aliphatic rings. The molecular formula is C10H14N2O2. The van der Waals surface area contributed by atoms with E-state index in [9.17, 15) is 9.59 Å². The van der Waals surface area contributed by atoms with E-state index >= 15 is 0 Å². The van der Waals surface area contributed by atoms with E-state index in [0.29, 0.717) is 0 Å². The second-order valence-electron chi connectivity index (χ2n) is 3.94. The van der Waals surface area contributed by atoms with Crippen LogP contribution in [0, 0.1) is 0 Å². The van der Waals surface area contributed by atoms with Crippen molar-refractivity contribution in [3.8, 4) is 0 Å². The summed E-state index contributed by atoms with van der Waals surface area (Å²) in [7, 11) is 2.07. The summed E-state index contributed by atoms with van der Waals surface area (Å²) in [4.78, 5) is 24.6. The molecule has 0 saturated carbocycles. The normalized spacial score (nSPS) is 24.4. The van der Waals surface area contributed by atoms with Gasteiger partial charge in [-0.3, -0.25) is 14.9 Å². The Hall–Kier alpha value is -1.16. The lowest BCUT2D eigenvalue weighted by atomic mass is 9.97. The minimum atomic E-state index is -0.172. The average molecular weight is 194 g/mol. The van der Waals surface area contributed by atoms with E-state index < -0.39 is 0 Å². The fourth-order valence-electron chi connectivity index (χ4n) is 1.96. The Morgan fingerprint density at radius 2 is 1.86 bits per heavy atom. The number of rotatable bonds is 0. The largest absolute Gasteiger partial charge is 0.306 e. The maximum atomic E-state index is 11.4. The van der Waals surface area contributed by atoms with Gasteiger partial charge in [0, 0.05) is 18.7 Å². The number of likely N-dealkylation sites (tertiary alicyclic amines) is 1. The van der Waals surface area contributed by atoms with Crippen LogP contribution in [0.2, 0.25) is 0 Å². The number of hydrogen-bond acceptors (Lipinski definition) is 3. The molecule has 0 atom stereocenters. The van der Waals surface area contributed by atoms with E-state index in [2.05, 4.69) is 17.3 Å². The van der Waals surface area contributed by atoms with Crippen LogP contribution in [0.4, 0.5) is 0 Å². The molecule has 0 bridgehead atoms. The van der Waals surface area contributed by atoms with Crippen molar-refractivity contribution in [1.82, 2.24) is 10.2 Å². The van der Waals surface area contributed by atoms with Crippen LogP contribution in [0.15, 0.2) is 11.1 Å². The summed E-state index contributed by atoms with van der Waals surface area (Å²) < 4.78 is 0. The summed E-state index contributed by atoms with van der Waals surface area (Å²) in [6.45, 7) is 1.97. The van der Waals surface area contributed by atoms with Gasteiger partial charge >= 0.3 is 0 Å². The second kappa shape index (κ2) is 3.53. The first kappa shape index (κ1) is 9.40. The van der Waals surface area contributed by atoms with Crippen LogP contribution in [-0.2, 0) is 9.59 Å². The molecule has 0 aliphatic carbocycles. The highest BCUT2D eigenvalue weighted by atomic mass is 16.2. The highest BCUT2D eigenvalue weighted by Gasteiger charge is 2.27. The van der Waals surface area contributed by atoms with Crippen molar-refractivity contribution in [3.63, 3.8) is 0 Å². The van der Waals surface area contributed by atoms with E-state index in [0.717, 1.165) is 31.5 Å². The van der Waals surface area contributed by atoms with Crippen molar-refractivity contribution in [1.29, 1.82) is 0 Å². The third kappa shape index (κ3) is 1.70. The van der Waals surface area contributed by atoms with Gasteiger partial charge in [0.05, 0.1) is 6.42 Å². The van der Waals surface area contributed by atoms with Gasteiger partial charge in [-0.1, -0.05) is 5.57 Å². The van der Waals surface area contributed by atoms with E-state index in [-0.39, 0.29) is 18.2 Å². The van der Waals surface area contributed by atoms with E-state index in [1.165, 1.54) is 5.57 Å². The summed E-state index contributed by atoms with van der Waals surface area (Å²) >= 11 is 0. The zero-order valence-corrected chi connectivity index (χ0v) is 8.30. The van der Waals surface area contributed by atoms with Gasteiger partial charge in [-0.2, -0.15) is 0 Å². The van der Waals surface area contributed by atoms with Gasteiger partial charge in [0.25, 0.3) is 5.91 Å². The number of nitrogens with one attached hydrogen (secondary N) is 1. The molecule has 2 heterocycles. The standard InChI is InChI=1S/C10H14N2O2/c1-12-4-2-7(3-5-12)8-6-9(13)11-10(8)14/h2-6H2,1H3,(H,11,13,14). The third-order valence-electron chi connectivity index (χ3n) is 2.88. The monoisotopic (exact) mass is 194 g/mol. The smallest absolute Gasteiger partial charge is 0.254 e. The molecule has 2 saturated heterocycles. The molecule has 0 spiro atoms. The fourth-order valence-corrected chi connectivity index (χ4v) is 1.96. The third-order valence-corrected chi connectivity index (χ3v) is 2.88. The highest BCUT2D eigenvalue weighted by molar-refractivity contribution is 6.13. The van der Waals surface area contributed by atoms with Gasteiger partial charge in [0.1, 0.15) is 0 Å². The lowest BCUT2D eigenvalue weighted by Crippen LogP contribution is -2.27. The first-order valence-electron chi connectivity index (χ1n) is 4.90. The van der Waals surface area contributed by atoms with Gasteiger partial charge < -0.3 is 4.90 Å². The number of hydrogen-bond donors (Lipinski definition) is 1. The summed E-state index contributed by atoms with van der Waals surface area (Å²) in [6, 6.07) is 0. The molecule has 2 aliphatic heterocycles. The lowest BCUT2D eigenvalue weighted by Gasteiger charge is -2.24. The molecule has 2 fully saturated rings. The first-order valence-corrected chi connectivity index (χ1v) is 4.90. The van der Waals surface area contributed by atoms with Gasteiger partial charge in [-0.15, -0.1) is 0 Å². The Labute approximate surface area is 83.0 Å². The van der Waals surface area contributed by atoms with Crippen molar-refractivity contribution in [3.05, 3.63) is 11.1 Å². The van der Waals surface area contributed by atoms with E-state index in [4.69, 9.17) is 0 Å². The Kier molecular flexibility index (Phi) is 2.37. The summed E-state index contributed by atoms with van der Waals surface area (Å²) in [5, 5.41) is 2.33. The molecule has 0 aromatic carbocycles. The predicted molar refractivity (Wildman–Crippen MR) is 51.5 cm³/mol. The maximum Gasteiger partial charge on any atom is 0.254 e. The second-order valence-corrected chi connectivity index (χ2v) is 3.94. The van der Waals surface area contributed by atoms with Gasteiger partial charge in [-0.05, 0) is 19.9 Å². The quantitative estimate of drug-likeness (QED) is 0.438. The zero-order chi connectivity index (χ0) is 10.1. The molecule has 2 rings (SSSR count). The Balaban J connectivity index is 2.15. The van der Waals surface area contributed by atoms with Crippen LogP contribution in [0.1, 0.15) is 19.3 Å². The molecule has 0 radical (unpaired) electrons. The molecule has 76 valence electrons. The molecule has 0 aromatic heterocycles. The maximum absolute atomic E-state index is 11.4. The van der Waals surface area contributed by atoms with Gasteiger partial charge in [0.15, 0.2) is 0 Å². The number of imide groups is 1. The number of carbonyl (C=O) groups excluding carboxylic acids is 2. The summed E-state index contributed by atoms with van der Waals surface area (Å²) in [6.07, 6.45) is 2.14. The summed E-state index contributed by atoms with van der Waals surface area (Å²) in [5.41, 5.74) is 1.90. The topological polar surface area (TPSA) is 49.4 Å². The molecule has 1 N–H and O–H groups in total. The molecule has 14 heavy (non-hydrogen) atoms. The number of piperidine rings is 1. The zero-order valence-electron chi connectivity index (χ0n) is 8.30. The minimum Gasteiger partial charge on any atom is -0.306 e. The molecule has 2 amide bonds. The lowest BCUT2D eigenvalue weighted by molar-refractivity contribution is -0.124. The van der Waals surface area contributed by atoms with E-state index in [1.54, 1.807) is 0 Å². The fraction of sp³-hybridized carbons (Fsp3) is 0.600. The van der Waals surface area contributed by atoms with Crippen LogP contribution in [0.5, 0.6) is 0 Å². The van der Waals surface area contributed by atoms with Crippen molar-refractivity contribution >= 4 is 11.8 Å². The van der Waals surface area contributed by atoms with Crippen LogP contribution in [0.3, 0.4) is 0 Å². The number of amides is 2. The van der Waals surface area contributed by atoms with Crippen LogP contribution < -0.4 is 5.32 Å². The molecule has 0 aromatic rings. The Morgan fingerprint density at radius 1 is 1.21 bits per heavy atom. The van der Waals surface area contributed by atoms with E-state index in [1.807, 2.05) is 0 Å². The molecular weight excluding hydrogens is 180 g/mol. The van der Waals surface area contributed by atoms with Crippen molar-refractivity contribution in [2.75, 3.05) is 20.1 Å². The van der Waals surface area contributed by atoms with Crippen molar-refractivity contribution < 1.29 is 9.59 Å². The van der Waals surface area contributed by atoms with Crippen LogP contribution in [0.25, 0.3) is 0 Å². The first-order chi connectivity index (χ1) is 6.66. The Bertz CT molecular complexity index is 310. The number of nitrogens with zero attached hydrogens (tertiary/aromatic N) is 1. The average Bonchev–Trinajstić information content (AvgIpc) is 2.47. The van der Waals surface area contributed by atoms with Gasteiger partial charge in [0.2, 0.25) is 5.91 Å². The van der Waals surface area contributed by atoms with Crippen molar-refractivity contribution in [2.45, 2.75) is 19.3 Å². The van der Waals surface area contributed by atoms with Crippen LogP contribution in [-0.4, -0.2) is 36.9 Å². The minimum absolute atomic E-state index is 0.156. The highest BCUT2D eigenvalue weighted by Crippen LogP contribution is 2.23. The summed E-state index contributed by atoms with van der Waals surface area (Å²) in [5.74, 6) is -0.328. The number of carbonyl (C=O) groups is 2. The SMILES string of the molecule is CN1CCC(=C2CC(=O)NC2=O)CC1. The molecule has 4 heteroatoms. The molecule has 0 unspecified atom stereocenters.